The van der Waals surface area contributed by atoms with Gasteiger partial charge in [-0.05, 0) is 30.7 Å². The number of carbonyl (C=O) groups is 1. The fourth-order valence-corrected chi connectivity index (χ4v) is 3.99. The molecule has 1 fully saturated rings. The largest absolute Gasteiger partial charge is 0.366 e. The lowest BCUT2D eigenvalue weighted by Crippen LogP contribution is -2.49. The van der Waals surface area contributed by atoms with E-state index in [9.17, 15) is 9.18 Å². The number of para-hydroxylation sites is 2. The quantitative estimate of drug-likeness (QED) is 0.711. The van der Waals surface area contributed by atoms with Crippen molar-refractivity contribution in [1.29, 1.82) is 0 Å². The lowest BCUT2D eigenvalue weighted by Gasteiger charge is -2.36. The molecule has 1 aliphatic rings. The molecule has 0 spiro atoms. The molecule has 0 unspecified atom stereocenters. The van der Waals surface area contributed by atoms with Crippen molar-refractivity contribution in [3.63, 3.8) is 0 Å². The third-order valence-corrected chi connectivity index (χ3v) is 5.68. The topological polar surface area (TPSA) is 28.5 Å². The molecular formula is C22H24FN3O. The molecule has 1 aromatic heterocycles. The van der Waals surface area contributed by atoms with Gasteiger partial charge in [0.1, 0.15) is 5.82 Å². The molecule has 2 heterocycles. The fraction of sp³-hybridized carbons (Fsp3) is 0.318. The molecule has 0 N–H and O–H groups in total. The Labute approximate surface area is 158 Å². The van der Waals surface area contributed by atoms with Crippen LogP contribution in [0, 0.1) is 12.7 Å². The molecule has 5 heteroatoms. The van der Waals surface area contributed by atoms with E-state index in [1.165, 1.54) is 6.07 Å². The summed E-state index contributed by atoms with van der Waals surface area (Å²) in [5.74, 6) is -0.0636. The second-order valence-electron chi connectivity index (χ2n) is 7.14. The third-order valence-electron chi connectivity index (χ3n) is 5.68. The van der Waals surface area contributed by atoms with Crippen molar-refractivity contribution in [3.05, 3.63) is 65.6 Å². The van der Waals surface area contributed by atoms with Gasteiger partial charge in [-0.1, -0.05) is 30.3 Å². The van der Waals surface area contributed by atoms with Gasteiger partial charge >= 0.3 is 0 Å². The number of nitrogens with zero attached hydrogens (tertiary/aromatic N) is 3. The maximum absolute atomic E-state index is 14.0. The predicted molar refractivity (Wildman–Crippen MR) is 107 cm³/mol. The molecule has 0 saturated carbocycles. The summed E-state index contributed by atoms with van der Waals surface area (Å²) in [6, 6.07) is 15.0. The molecule has 1 amide bonds. The van der Waals surface area contributed by atoms with Crippen LogP contribution in [0.3, 0.4) is 0 Å². The molecule has 140 valence electrons. The number of carbonyl (C=O) groups excluding carboxylic acids is 1. The smallest absolute Gasteiger partial charge is 0.227 e. The highest BCUT2D eigenvalue weighted by atomic mass is 19.1. The van der Waals surface area contributed by atoms with Gasteiger partial charge in [0.05, 0.1) is 12.1 Å². The van der Waals surface area contributed by atoms with Crippen LogP contribution in [0.1, 0.15) is 11.3 Å². The summed E-state index contributed by atoms with van der Waals surface area (Å²) in [6.07, 6.45) is 0.410. The summed E-state index contributed by atoms with van der Waals surface area (Å²) in [6.45, 7) is 4.62. The third kappa shape index (κ3) is 3.18. The first-order valence-corrected chi connectivity index (χ1v) is 9.36. The lowest BCUT2D eigenvalue weighted by molar-refractivity contribution is -0.130. The van der Waals surface area contributed by atoms with Gasteiger partial charge < -0.3 is 14.4 Å². The van der Waals surface area contributed by atoms with Gasteiger partial charge in [0.2, 0.25) is 5.91 Å². The molecule has 4 rings (SSSR count). The highest BCUT2D eigenvalue weighted by Gasteiger charge is 2.24. The van der Waals surface area contributed by atoms with Crippen LogP contribution in [0.4, 0.5) is 10.1 Å². The average molecular weight is 365 g/mol. The molecule has 2 aromatic carbocycles. The normalized spacial score (nSPS) is 14.8. The molecule has 0 bridgehead atoms. The van der Waals surface area contributed by atoms with Crippen LogP contribution in [-0.2, 0) is 18.3 Å². The Balaban J connectivity index is 1.47. The number of halogens is 1. The maximum atomic E-state index is 14.0. The number of amides is 1. The van der Waals surface area contributed by atoms with E-state index < -0.39 is 0 Å². The number of hydrogen-bond acceptors (Lipinski definition) is 2. The Morgan fingerprint density at radius 3 is 2.41 bits per heavy atom. The van der Waals surface area contributed by atoms with Gasteiger partial charge in [-0.15, -0.1) is 0 Å². The van der Waals surface area contributed by atoms with E-state index in [0.29, 0.717) is 38.3 Å². The molecular weight excluding hydrogens is 341 g/mol. The summed E-state index contributed by atoms with van der Waals surface area (Å²) < 4.78 is 16.1. The second kappa shape index (κ2) is 7.06. The number of piperazine rings is 1. The number of anilines is 1. The first kappa shape index (κ1) is 17.6. The molecule has 0 aliphatic carbocycles. The van der Waals surface area contributed by atoms with E-state index >= 15 is 0 Å². The summed E-state index contributed by atoms with van der Waals surface area (Å²) >= 11 is 0. The number of hydrogen-bond donors (Lipinski definition) is 0. The zero-order chi connectivity index (χ0) is 19.0. The summed E-state index contributed by atoms with van der Waals surface area (Å²) in [5, 5.41) is 1.15. The van der Waals surface area contributed by atoms with E-state index in [-0.39, 0.29) is 11.7 Å². The van der Waals surface area contributed by atoms with Crippen molar-refractivity contribution in [3.8, 4) is 0 Å². The van der Waals surface area contributed by atoms with Gasteiger partial charge in [0, 0.05) is 49.8 Å². The second-order valence-corrected chi connectivity index (χ2v) is 7.14. The summed E-state index contributed by atoms with van der Waals surface area (Å²) in [4.78, 5) is 16.8. The predicted octanol–water partition coefficient (Wildman–Crippen LogP) is 3.52. The monoisotopic (exact) mass is 365 g/mol. The van der Waals surface area contributed by atoms with Crippen molar-refractivity contribution in [1.82, 2.24) is 9.47 Å². The van der Waals surface area contributed by atoms with Crippen LogP contribution >= 0.6 is 0 Å². The number of fused-ring (bicyclic) bond motifs is 1. The highest BCUT2D eigenvalue weighted by Crippen LogP contribution is 2.26. The van der Waals surface area contributed by atoms with Crippen LogP contribution in [0.5, 0.6) is 0 Å². The van der Waals surface area contributed by atoms with Crippen molar-refractivity contribution < 1.29 is 9.18 Å². The first-order chi connectivity index (χ1) is 13.1. The number of aromatic nitrogens is 1. The van der Waals surface area contributed by atoms with Crippen LogP contribution in [0.25, 0.3) is 10.9 Å². The average Bonchev–Trinajstić information content (AvgIpc) is 2.94. The van der Waals surface area contributed by atoms with Crippen molar-refractivity contribution >= 4 is 22.5 Å². The summed E-state index contributed by atoms with van der Waals surface area (Å²) in [7, 11) is 2.04. The van der Waals surface area contributed by atoms with Crippen molar-refractivity contribution in [2.75, 3.05) is 31.1 Å². The Hall–Kier alpha value is -2.82. The number of rotatable bonds is 3. The Morgan fingerprint density at radius 1 is 1.00 bits per heavy atom. The fourth-order valence-electron chi connectivity index (χ4n) is 3.99. The van der Waals surface area contributed by atoms with Crippen molar-refractivity contribution in [2.45, 2.75) is 13.3 Å². The van der Waals surface area contributed by atoms with E-state index in [0.717, 1.165) is 22.2 Å². The minimum absolute atomic E-state index is 0.141. The Morgan fingerprint density at radius 2 is 1.67 bits per heavy atom. The zero-order valence-electron chi connectivity index (χ0n) is 15.8. The van der Waals surface area contributed by atoms with E-state index in [4.69, 9.17) is 0 Å². The van der Waals surface area contributed by atoms with Gasteiger partial charge in [0.25, 0.3) is 0 Å². The number of benzene rings is 2. The zero-order valence-corrected chi connectivity index (χ0v) is 15.8. The molecule has 1 aliphatic heterocycles. The van der Waals surface area contributed by atoms with E-state index in [1.54, 1.807) is 12.1 Å². The highest BCUT2D eigenvalue weighted by molar-refractivity contribution is 5.90. The van der Waals surface area contributed by atoms with Gasteiger partial charge in [-0.25, -0.2) is 4.39 Å². The van der Waals surface area contributed by atoms with Crippen LogP contribution in [0.2, 0.25) is 0 Å². The molecule has 4 nitrogen and oxygen atoms in total. The maximum Gasteiger partial charge on any atom is 0.227 e. The number of aryl methyl sites for hydroxylation is 1. The van der Waals surface area contributed by atoms with Gasteiger partial charge in [-0.3, -0.25) is 4.79 Å². The summed E-state index contributed by atoms with van der Waals surface area (Å²) in [5.41, 5.74) is 4.01. The van der Waals surface area contributed by atoms with E-state index in [1.807, 2.05) is 35.0 Å². The molecule has 27 heavy (non-hydrogen) atoms. The van der Waals surface area contributed by atoms with Crippen molar-refractivity contribution in [2.24, 2.45) is 7.05 Å². The van der Waals surface area contributed by atoms with Crippen LogP contribution in [0.15, 0.2) is 48.5 Å². The Kier molecular flexibility index (Phi) is 4.60. The SMILES string of the molecule is Cc1c(CC(=O)N2CCN(c3ccccc3F)CC2)c2ccccc2n1C. The van der Waals surface area contributed by atoms with Crippen LogP contribution < -0.4 is 4.90 Å². The minimum Gasteiger partial charge on any atom is -0.366 e. The lowest BCUT2D eigenvalue weighted by atomic mass is 10.1. The first-order valence-electron chi connectivity index (χ1n) is 9.36. The molecule has 0 radical (unpaired) electrons. The molecule has 1 saturated heterocycles. The van der Waals surface area contributed by atoms with Crippen LogP contribution in [-0.4, -0.2) is 41.6 Å². The van der Waals surface area contributed by atoms with E-state index in [2.05, 4.69) is 23.6 Å². The van der Waals surface area contributed by atoms with Gasteiger partial charge in [-0.2, -0.15) is 0 Å². The Bertz CT molecular complexity index is 986. The molecule has 3 aromatic rings. The standard InChI is InChI=1S/C22H24FN3O/c1-16-18(17-7-3-5-9-20(17)24(16)2)15-22(27)26-13-11-25(12-14-26)21-10-6-4-8-19(21)23/h3-10H,11-15H2,1-2H3. The molecule has 0 atom stereocenters. The van der Waals surface area contributed by atoms with Gasteiger partial charge in [0.15, 0.2) is 0 Å². The minimum atomic E-state index is -0.205.